The predicted molar refractivity (Wildman–Crippen MR) is 98.4 cm³/mol. The summed E-state index contributed by atoms with van der Waals surface area (Å²) < 4.78 is 1.20. The minimum absolute atomic E-state index is 0.102. The second kappa shape index (κ2) is 6.36. The van der Waals surface area contributed by atoms with Gasteiger partial charge >= 0.3 is 0 Å². The normalized spacial score (nSPS) is 18.0. The first kappa shape index (κ1) is 15.3. The molecule has 0 N–H and O–H groups in total. The second-order valence-corrected chi connectivity index (χ2v) is 7.46. The van der Waals surface area contributed by atoms with Gasteiger partial charge in [0, 0.05) is 12.1 Å². The fourth-order valence-electron chi connectivity index (χ4n) is 3.33. The van der Waals surface area contributed by atoms with E-state index in [9.17, 15) is 4.79 Å². The van der Waals surface area contributed by atoms with E-state index in [1.165, 1.54) is 10.3 Å². The Labute approximate surface area is 146 Å². The van der Waals surface area contributed by atoms with Crippen LogP contribution in [0.3, 0.4) is 0 Å². The number of nitrogens with zero attached hydrogens (tertiary/aromatic N) is 2. The Kier molecular flexibility index (Phi) is 4.07. The zero-order chi connectivity index (χ0) is 16.5. The van der Waals surface area contributed by atoms with Crippen LogP contribution in [0.2, 0.25) is 0 Å². The molecule has 122 valence electrons. The second-order valence-electron chi connectivity index (χ2n) is 6.40. The number of likely N-dealkylation sites (tertiary alicyclic amines) is 1. The van der Waals surface area contributed by atoms with E-state index in [-0.39, 0.29) is 11.9 Å². The molecule has 2 heterocycles. The molecule has 3 nitrogen and oxygen atoms in total. The highest BCUT2D eigenvalue weighted by molar-refractivity contribution is 7.18. The quantitative estimate of drug-likeness (QED) is 0.662. The summed E-state index contributed by atoms with van der Waals surface area (Å²) in [7, 11) is 0. The number of hydrogen-bond donors (Lipinski definition) is 0. The molecule has 0 saturated carbocycles. The van der Waals surface area contributed by atoms with Gasteiger partial charge in [-0.25, -0.2) is 4.98 Å². The van der Waals surface area contributed by atoms with Crippen molar-refractivity contribution in [2.45, 2.75) is 32.2 Å². The van der Waals surface area contributed by atoms with Gasteiger partial charge in [0.05, 0.1) is 16.3 Å². The molecule has 4 rings (SSSR count). The molecule has 1 atom stereocenters. The van der Waals surface area contributed by atoms with Gasteiger partial charge in [-0.15, -0.1) is 11.3 Å². The van der Waals surface area contributed by atoms with Crippen molar-refractivity contribution in [1.82, 2.24) is 9.88 Å². The van der Waals surface area contributed by atoms with Crippen molar-refractivity contribution >= 4 is 27.5 Å². The fourth-order valence-corrected chi connectivity index (χ4v) is 4.44. The molecule has 0 aliphatic carbocycles. The van der Waals surface area contributed by atoms with Crippen molar-refractivity contribution < 1.29 is 4.79 Å². The van der Waals surface area contributed by atoms with Gasteiger partial charge in [0.25, 0.3) is 5.91 Å². The number of aryl methyl sites for hydroxylation is 1. The lowest BCUT2D eigenvalue weighted by Crippen LogP contribution is -2.38. The van der Waals surface area contributed by atoms with Crippen LogP contribution in [0.15, 0.2) is 48.5 Å². The van der Waals surface area contributed by atoms with E-state index in [0.717, 1.165) is 41.9 Å². The lowest BCUT2D eigenvalue weighted by Gasteiger charge is -2.34. The Morgan fingerprint density at radius 1 is 1.12 bits per heavy atom. The third kappa shape index (κ3) is 2.82. The molecule has 4 heteroatoms. The van der Waals surface area contributed by atoms with Gasteiger partial charge in [0.2, 0.25) is 0 Å². The summed E-state index contributed by atoms with van der Waals surface area (Å²) in [4.78, 5) is 19.8. The van der Waals surface area contributed by atoms with Gasteiger partial charge in [0.15, 0.2) is 0 Å². The summed E-state index contributed by atoms with van der Waals surface area (Å²) >= 11 is 1.72. The van der Waals surface area contributed by atoms with E-state index in [1.807, 2.05) is 54.3 Å². The van der Waals surface area contributed by atoms with Crippen molar-refractivity contribution in [2.75, 3.05) is 6.54 Å². The van der Waals surface area contributed by atoms with Crippen LogP contribution in [-0.4, -0.2) is 22.3 Å². The maximum atomic E-state index is 13.0. The lowest BCUT2D eigenvalue weighted by molar-refractivity contribution is 0.0611. The number of carbonyl (C=O) groups is 1. The lowest BCUT2D eigenvalue weighted by atomic mass is 10.0. The third-order valence-electron chi connectivity index (χ3n) is 4.66. The Balaban J connectivity index is 1.67. The zero-order valence-corrected chi connectivity index (χ0v) is 14.6. The zero-order valence-electron chi connectivity index (χ0n) is 13.7. The van der Waals surface area contributed by atoms with Crippen LogP contribution >= 0.6 is 11.3 Å². The summed E-state index contributed by atoms with van der Waals surface area (Å²) in [5.41, 5.74) is 2.98. The summed E-state index contributed by atoms with van der Waals surface area (Å²) in [5.74, 6) is 0.124. The van der Waals surface area contributed by atoms with Crippen LogP contribution in [0, 0.1) is 6.92 Å². The average Bonchev–Trinajstić information content (AvgIpc) is 3.06. The van der Waals surface area contributed by atoms with E-state index >= 15 is 0 Å². The predicted octanol–water partition coefficient (Wildman–Crippen LogP) is 4.97. The Morgan fingerprint density at radius 3 is 2.71 bits per heavy atom. The van der Waals surface area contributed by atoms with Crippen LogP contribution in [0.25, 0.3) is 10.2 Å². The number of para-hydroxylation sites is 1. The first-order chi connectivity index (χ1) is 11.7. The molecule has 1 amide bonds. The average molecular weight is 336 g/mol. The van der Waals surface area contributed by atoms with Crippen molar-refractivity contribution in [3.05, 3.63) is 64.7 Å². The SMILES string of the molecule is Cc1ccc(C(=O)N2CCCC[C@@H]2c2nc3ccccc3s2)cc1. The molecule has 0 bridgehead atoms. The number of rotatable bonds is 2. The first-order valence-electron chi connectivity index (χ1n) is 8.45. The number of hydrogen-bond acceptors (Lipinski definition) is 3. The fraction of sp³-hybridized carbons (Fsp3) is 0.300. The van der Waals surface area contributed by atoms with Crippen LogP contribution in [-0.2, 0) is 0 Å². The van der Waals surface area contributed by atoms with E-state index in [4.69, 9.17) is 4.98 Å². The van der Waals surface area contributed by atoms with Gasteiger partial charge in [-0.05, 0) is 50.5 Å². The number of carbonyl (C=O) groups excluding carboxylic acids is 1. The molecule has 1 fully saturated rings. The Morgan fingerprint density at radius 2 is 1.92 bits per heavy atom. The Bertz CT molecular complexity index is 836. The highest BCUT2D eigenvalue weighted by Crippen LogP contribution is 2.36. The number of thiazole rings is 1. The van der Waals surface area contributed by atoms with Gasteiger partial charge < -0.3 is 4.90 Å². The molecule has 1 saturated heterocycles. The molecule has 1 aromatic heterocycles. The summed E-state index contributed by atoms with van der Waals surface area (Å²) in [6, 6.07) is 16.2. The largest absolute Gasteiger partial charge is 0.329 e. The number of piperidine rings is 1. The monoisotopic (exact) mass is 336 g/mol. The highest BCUT2D eigenvalue weighted by Gasteiger charge is 2.30. The van der Waals surface area contributed by atoms with Crippen molar-refractivity contribution in [1.29, 1.82) is 0 Å². The molecule has 3 aromatic rings. The highest BCUT2D eigenvalue weighted by atomic mass is 32.1. The molecule has 1 aliphatic heterocycles. The number of aromatic nitrogens is 1. The third-order valence-corrected chi connectivity index (χ3v) is 5.80. The minimum atomic E-state index is 0.102. The minimum Gasteiger partial charge on any atom is -0.329 e. The number of fused-ring (bicyclic) bond motifs is 1. The smallest absolute Gasteiger partial charge is 0.254 e. The van der Waals surface area contributed by atoms with Gasteiger partial charge in [0.1, 0.15) is 5.01 Å². The number of amides is 1. The maximum absolute atomic E-state index is 13.0. The standard InChI is InChI=1S/C20H20N2OS/c1-14-9-11-15(12-10-14)20(23)22-13-5-4-7-17(22)19-21-16-6-2-3-8-18(16)24-19/h2-3,6,8-12,17H,4-5,7,13H2,1H3/t17-/m1/s1. The first-order valence-corrected chi connectivity index (χ1v) is 9.27. The van der Waals surface area contributed by atoms with Gasteiger partial charge in [-0.3, -0.25) is 4.79 Å². The maximum Gasteiger partial charge on any atom is 0.254 e. The van der Waals surface area contributed by atoms with E-state index in [0.29, 0.717) is 0 Å². The van der Waals surface area contributed by atoms with Crippen LogP contribution in [0.5, 0.6) is 0 Å². The molecule has 1 aliphatic rings. The van der Waals surface area contributed by atoms with Crippen LogP contribution in [0.4, 0.5) is 0 Å². The summed E-state index contributed by atoms with van der Waals surface area (Å²) in [6.45, 7) is 2.85. The van der Waals surface area contributed by atoms with Crippen LogP contribution < -0.4 is 0 Å². The van der Waals surface area contributed by atoms with Crippen molar-refractivity contribution in [2.24, 2.45) is 0 Å². The van der Waals surface area contributed by atoms with E-state index in [2.05, 4.69) is 6.07 Å². The molecular weight excluding hydrogens is 316 g/mol. The molecule has 24 heavy (non-hydrogen) atoms. The van der Waals surface area contributed by atoms with Crippen LogP contribution in [0.1, 0.15) is 46.2 Å². The van der Waals surface area contributed by atoms with E-state index in [1.54, 1.807) is 11.3 Å². The van der Waals surface area contributed by atoms with Crippen molar-refractivity contribution in [3.8, 4) is 0 Å². The molecule has 0 radical (unpaired) electrons. The van der Waals surface area contributed by atoms with E-state index < -0.39 is 0 Å². The topological polar surface area (TPSA) is 33.2 Å². The van der Waals surface area contributed by atoms with Gasteiger partial charge in [-0.1, -0.05) is 29.8 Å². The molecule has 2 aromatic carbocycles. The molecular formula is C20H20N2OS. The molecule has 0 unspecified atom stereocenters. The van der Waals surface area contributed by atoms with Gasteiger partial charge in [-0.2, -0.15) is 0 Å². The summed E-state index contributed by atoms with van der Waals surface area (Å²) in [6.07, 6.45) is 3.22. The van der Waals surface area contributed by atoms with Crippen molar-refractivity contribution in [3.63, 3.8) is 0 Å². The number of benzene rings is 2. The molecule has 0 spiro atoms. The summed E-state index contributed by atoms with van der Waals surface area (Å²) in [5, 5.41) is 1.07. The Hall–Kier alpha value is -2.20.